The van der Waals surface area contributed by atoms with Crippen LogP contribution in [0.1, 0.15) is 18.9 Å². The van der Waals surface area contributed by atoms with Crippen molar-refractivity contribution in [1.29, 1.82) is 0 Å². The van der Waals surface area contributed by atoms with Gasteiger partial charge in [-0.1, -0.05) is 24.3 Å². The lowest BCUT2D eigenvalue weighted by atomic mass is 10.0. The Hall–Kier alpha value is -2.18. The Bertz CT molecular complexity index is 500. The number of esters is 1. The fourth-order valence-electron chi connectivity index (χ4n) is 1.84. The summed E-state index contributed by atoms with van der Waals surface area (Å²) in [6, 6.07) is 7.63. The van der Waals surface area contributed by atoms with Crippen molar-refractivity contribution in [2.75, 3.05) is 31.8 Å². The highest BCUT2D eigenvalue weighted by Crippen LogP contribution is 2.13. The van der Waals surface area contributed by atoms with Gasteiger partial charge in [-0.05, 0) is 24.6 Å². The molecule has 0 fully saturated rings. The summed E-state index contributed by atoms with van der Waals surface area (Å²) < 4.78 is 10.2. The fourth-order valence-corrected chi connectivity index (χ4v) is 1.84. The molecule has 126 valence electrons. The normalized spacial score (nSPS) is 12.1. The van der Waals surface area contributed by atoms with E-state index in [4.69, 9.17) is 15.2 Å². The molecule has 0 aliphatic heterocycles. The minimum Gasteiger partial charge on any atom is -0.466 e. The molecule has 0 aliphatic rings. The second kappa shape index (κ2) is 11.4. The summed E-state index contributed by atoms with van der Waals surface area (Å²) in [5, 5.41) is 3.10. The Morgan fingerprint density at radius 2 is 2.09 bits per heavy atom. The van der Waals surface area contributed by atoms with Gasteiger partial charge in [0.05, 0.1) is 19.1 Å². The molecule has 1 aromatic rings. The molecule has 6 heteroatoms. The summed E-state index contributed by atoms with van der Waals surface area (Å²) in [7, 11) is 0. The average molecular weight is 320 g/mol. The molecule has 0 saturated heterocycles. The predicted molar refractivity (Wildman–Crippen MR) is 89.8 cm³/mol. The molecular weight excluding hydrogens is 296 g/mol. The predicted octanol–water partition coefficient (Wildman–Crippen LogP) is 1.81. The number of hydrogen-bond donors (Lipinski definition) is 2. The number of hydrogen-bond acceptors (Lipinski definition) is 6. The van der Waals surface area contributed by atoms with Gasteiger partial charge in [-0.15, -0.1) is 0 Å². The number of ether oxygens (including phenoxy) is 2. The van der Waals surface area contributed by atoms with Crippen molar-refractivity contribution in [2.24, 2.45) is 11.7 Å². The van der Waals surface area contributed by atoms with Crippen molar-refractivity contribution in [2.45, 2.75) is 13.3 Å². The van der Waals surface area contributed by atoms with Gasteiger partial charge in [0, 0.05) is 18.7 Å². The van der Waals surface area contributed by atoms with Gasteiger partial charge in [-0.2, -0.15) is 0 Å². The highest BCUT2D eigenvalue weighted by molar-refractivity contribution is 5.78. The Kier molecular flexibility index (Phi) is 9.35. The molecule has 0 saturated carbocycles. The van der Waals surface area contributed by atoms with Crippen LogP contribution in [0.5, 0.6) is 0 Å². The minimum atomic E-state index is -0.546. The van der Waals surface area contributed by atoms with Crippen LogP contribution >= 0.6 is 0 Å². The molecule has 0 aliphatic carbocycles. The third kappa shape index (κ3) is 7.58. The maximum Gasteiger partial charge on any atom is 0.313 e. The number of nitrogens with two attached hydrogens (primary N) is 1. The maximum absolute atomic E-state index is 11.7. The topological polar surface area (TPSA) is 90.7 Å². The number of nitrogens with one attached hydrogen (secondary N) is 1. The molecule has 3 N–H and O–H groups in total. The van der Waals surface area contributed by atoms with Gasteiger partial charge in [-0.25, -0.2) is 0 Å². The van der Waals surface area contributed by atoms with Crippen molar-refractivity contribution in [3.63, 3.8) is 0 Å². The summed E-state index contributed by atoms with van der Waals surface area (Å²) >= 11 is 0. The first kappa shape index (κ1) is 18.9. The monoisotopic (exact) mass is 320 g/mol. The zero-order valence-corrected chi connectivity index (χ0v) is 13.4. The van der Waals surface area contributed by atoms with E-state index >= 15 is 0 Å². The Morgan fingerprint density at radius 1 is 1.35 bits per heavy atom. The lowest BCUT2D eigenvalue weighted by Gasteiger charge is -2.09. The molecular formula is C17H24N2O4. The first-order valence-electron chi connectivity index (χ1n) is 7.61. The van der Waals surface area contributed by atoms with Crippen LogP contribution in [0.4, 0.5) is 5.69 Å². The molecule has 0 heterocycles. The van der Waals surface area contributed by atoms with Gasteiger partial charge in [0.1, 0.15) is 13.0 Å². The summed E-state index contributed by atoms with van der Waals surface area (Å²) in [6.45, 7) is 3.45. The summed E-state index contributed by atoms with van der Waals surface area (Å²) in [4.78, 5) is 22.4. The van der Waals surface area contributed by atoms with Gasteiger partial charge in [-0.3, -0.25) is 4.79 Å². The number of benzene rings is 1. The first-order chi connectivity index (χ1) is 11.2. The van der Waals surface area contributed by atoms with Crippen molar-refractivity contribution < 1.29 is 19.1 Å². The molecule has 1 rings (SSSR count). The van der Waals surface area contributed by atoms with E-state index in [2.05, 4.69) is 5.32 Å². The van der Waals surface area contributed by atoms with Crippen LogP contribution < -0.4 is 11.1 Å². The highest BCUT2D eigenvalue weighted by Gasteiger charge is 2.15. The first-order valence-corrected chi connectivity index (χ1v) is 7.61. The van der Waals surface area contributed by atoms with Crippen LogP contribution in [-0.4, -0.2) is 38.7 Å². The second-order valence-electron chi connectivity index (χ2n) is 4.76. The number of carbonyl (C=O) groups is 2. The zero-order chi connectivity index (χ0) is 16.9. The van der Waals surface area contributed by atoms with E-state index in [0.29, 0.717) is 26.5 Å². The van der Waals surface area contributed by atoms with E-state index in [1.807, 2.05) is 24.3 Å². The molecule has 1 atom stereocenters. The minimum absolute atomic E-state index is 0.119. The maximum atomic E-state index is 11.7. The van der Waals surface area contributed by atoms with Crippen LogP contribution in [0.2, 0.25) is 0 Å². The van der Waals surface area contributed by atoms with Gasteiger partial charge in [0.25, 0.3) is 0 Å². The van der Waals surface area contributed by atoms with Crippen LogP contribution in [0.25, 0.3) is 6.08 Å². The summed E-state index contributed by atoms with van der Waals surface area (Å²) in [6.07, 6.45) is 4.34. The number of anilines is 1. The third-order valence-corrected chi connectivity index (χ3v) is 3.01. The fraction of sp³-hybridized carbons (Fsp3) is 0.412. The Labute approximate surface area is 136 Å². The van der Waals surface area contributed by atoms with Crippen molar-refractivity contribution in [3.8, 4) is 0 Å². The van der Waals surface area contributed by atoms with Crippen molar-refractivity contribution >= 4 is 24.0 Å². The van der Waals surface area contributed by atoms with E-state index in [1.54, 1.807) is 19.1 Å². The van der Waals surface area contributed by atoms with Crippen molar-refractivity contribution in [3.05, 3.63) is 35.9 Å². The lowest BCUT2D eigenvalue weighted by Crippen LogP contribution is -2.16. The quantitative estimate of drug-likeness (QED) is 0.280. The van der Waals surface area contributed by atoms with Crippen LogP contribution in [-0.2, 0) is 19.1 Å². The van der Waals surface area contributed by atoms with Crippen LogP contribution in [0, 0.1) is 5.92 Å². The number of carbonyl (C=O) groups excluding carboxylic acids is 2. The van der Waals surface area contributed by atoms with Crippen LogP contribution in [0.3, 0.4) is 0 Å². The molecule has 0 spiro atoms. The molecule has 23 heavy (non-hydrogen) atoms. The van der Waals surface area contributed by atoms with Gasteiger partial charge >= 0.3 is 5.97 Å². The Morgan fingerprint density at radius 3 is 2.70 bits per heavy atom. The van der Waals surface area contributed by atoms with E-state index in [0.717, 1.165) is 17.5 Å². The van der Waals surface area contributed by atoms with Crippen molar-refractivity contribution in [1.82, 2.24) is 0 Å². The molecule has 0 amide bonds. The molecule has 6 nitrogen and oxygen atoms in total. The van der Waals surface area contributed by atoms with Gasteiger partial charge < -0.3 is 25.3 Å². The standard InChI is InChI=1S/C17H24N2O4/c1-2-23-17(21)15(9-11-20)6-3-14-4-7-16(8-5-14)19-13-22-12-10-18/h3-8,11,15,19H,2,9-10,12-13,18H2,1H3/b6-3+. The zero-order valence-electron chi connectivity index (χ0n) is 13.4. The Balaban J connectivity index is 2.57. The van der Waals surface area contributed by atoms with E-state index < -0.39 is 5.92 Å². The molecule has 1 aromatic carbocycles. The molecule has 0 aromatic heterocycles. The summed E-state index contributed by atoms with van der Waals surface area (Å²) in [5.41, 5.74) is 7.19. The van der Waals surface area contributed by atoms with Gasteiger partial charge in [0.2, 0.25) is 0 Å². The second-order valence-corrected chi connectivity index (χ2v) is 4.76. The number of aldehydes is 1. The molecule has 0 radical (unpaired) electrons. The van der Waals surface area contributed by atoms with Gasteiger partial charge in [0.15, 0.2) is 0 Å². The SMILES string of the molecule is CCOC(=O)C(/C=C/c1ccc(NCOCCN)cc1)CC=O. The number of rotatable bonds is 11. The van der Waals surface area contributed by atoms with E-state index in [9.17, 15) is 9.59 Å². The molecule has 0 bridgehead atoms. The van der Waals surface area contributed by atoms with E-state index in [-0.39, 0.29) is 12.4 Å². The highest BCUT2D eigenvalue weighted by atomic mass is 16.5. The molecule has 1 unspecified atom stereocenters. The van der Waals surface area contributed by atoms with Crippen LogP contribution in [0.15, 0.2) is 30.3 Å². The third-order valence-electron chi connectivity index (χ3n) is 3.01. The van der Waals surface area contributed by atoms with E-state index in [1.165, 1.54) is 0 Å². The average Bonchev–Trinajstić information content (AvgIpc) is 2.57. The summed E-state index contributed by atoms with van der Waals surface area (Å²) in [5.74, 6) is -0.930. The lowest BCUT2D eigenvalue weighted by molar-refractivity contribution is -0.147. The smallest absolute Gasteiger partial charge is 0.313 e. The largest absolute Gasteiger partial charge is 0.466 e.